The zero-order valence-corrected chi connectivity index (χ0v) is 12.8. The SMILES string of the molecule is CC1(C)CCSCC1N1CCNCc2ccccc21. The van der Waals surface area contributed by atoms with Crippen LogP contribution >= 0.6 is 11.8 Å². The van der Waals surface area contributed by atoms with Gasteiger partial charge in [-0.3, -0.25) is 0 Å². The maximum atomic E-state index is 3.55. The van der Waals surface area contributed by atoms with Gasteiger partial charge in [-0.05, 0) is 29.2 Å². The lowest BCUT2D eigenvalue weighted by Crippen LogP contribution is -2.50. The molecular weight excluding hydrogens is 252 g/mol. The summed E-state index contributed by atoms with van der Waals surface area (Å²) >= 11 is 2.12. The Morgan fingerprint density at radius 2 is 2.16 bits per heavy atom. The number of para-hydroxylation sites is 1. The van der Waals surface area contributed by atoms with Crippen LogP contribution in [0.15, 0.2) is 24.3 Å². The Bertz CT molecular complexity index is 444. The molecule has 0 spiro atoms. The predicted molar refractivity (Wildman–Crippen MR) is 85.0 cm³/mol. The van der Waals surface area contributed by atoms with Gasteiger partial charge in [0.15, 0.2) is 0 Å². The fourth-order valence-corrected chi connectivity index (χ4v) is 4.93. The fourth-order valence-electron chi connectivity index (χ4n) is 3.24. The Labute approximate surface area is 121 Å². The monoisotopic (exact) mass is 276 g/mol. The molecule has 0 amide bonds. The highest BCUT2D eigenvalue weighted by Gasteiger charge is 2.37. The van der Waals surface area contributed by atoms with Gasteiger partial charge in [-0.15, -0.1) is 0 Å². The molecule has 0 aromatic heterocycles. The highest BCUT2D eigenvalue weighted by Crippen LogP contribution is 2.40. The summed E-state index contributed by atoms with van der Waals surface area (Å²) in [5.41, 5.74) is 3.32. The number of fused-ring (bicyclic) bond motifs is 1. The summed E-state index contributed by atoms with van der Waals surface area (Å²) in [4.78, 5) is 2.67. The van der Waals surface area contributed by atoms with E-state index in [1.165, 1.54) is 29.2 Å². The quantitative estimate of drug-likeness (QED) is 0.848. The molecule has 0 saturated carbocycles. The molecule has 104 valence electrons. The highest BCUT2D eigenvalue weighted by molar-refractivity contribution is 7.99. The van der Waals surface area contributed by atoms with E-state index in [0.29, 0.717) is 11.5 Å². The first-order chi connectivity index (χ1) is 9.18. The van der Waals surface area contributed by atoms with E-state index in [9.17, 15) is 0 Å². The van der Waals surface area contributed by atoms with Crippen molar-refractivity contribution in [1.82, 2.24) is 5.32 Å². The number of nitrogens with one attached hydrogen (secondary N) is 1. The lowest BCUT2D eigenvalue weighted by molar-refractivity contribution is 0.275. The second-order valence-corrected chi connectivity index (χ2v) is 7.48. The van der Waals surface area contributed by atoms with E-state index in [0.717, 1.165) is 19.6 Å². The molecule has 1 saturated heterocycles. The van der Waals surface area contributed by atoms with Crippen LogP contribution in [0.3, 0.4) is 0 Å². The Hall–Kier alpha value is -0.670. The van der Waals surface area contributed by atoms with Crippen molar-refractivity contribution in [3.05, 3.63) is 29.8 Å². The van der Waals surface area contributed by atoms with Gasteiger partial charge in [0, 0.05) is 37.1 Å². The summed E-state index contributed by atoms with van der Waals surface area (Å²) in [6.07, 6.45) is 1.33. The summed E-state index contributed by atoms with van der Waals surface area (Å²) in [5, 5.41) is 3.55. The molecule has 1 aromatic carbocycles. The topological polar surface area (TPSA) is 15.3 Å². The van der Waals surface area contributed by atoms with Gasteiger partial charge in [0.05, 0.1) is 0 Å². The number of hydrogen-bond acceptors (Lipinski definition) is 3. The minimum atomic E-state index is 0.419. The molecule has 3 rings (SSSR count). The minimum Gasteiger partial charge on any atom is -0.366 e. The van der Waals surface area contributed by atoms with Crippen molar-refractivity contribution in [2.75, 3.05) is 29.5 Å². The maximum absolute atomic E-state index is 3.55. The average Bonchev–Trinajstić information content (AvgIpc) is 2.61. The zero-order valence-electron chi connectivity index (χ0n) is 12.0. The van der Waals surface area contributed by atoms with E-state index in [4.69, 9.17) is 0 Å². The molecule has 1 fully saturated rings. The predicted octanol–water partition coefficient (Wildman–Crippen LogP) is 3.13. The van der Waals surface area contributed by atoms with E-state index >= 15 is 0 Å². The lowest BCUT2D eigenvalue weighted by Gasteiger charge is -2.46. The second kappa shape index (κ2) is 5.37. The third-order valence-corrected chi connectivity index (χ3v) is 5.63. The molecular formula is C16H24N2S. The van der Waals surface area contributed by atoms with Crippen LogP contribution in [0, 0.1) is 5.41 Å². The lowest BCUT2D eigenvalue weighted by atomic mass is 9.81. The van der Waals surface area contributed by atoms with Crippen LogP contribution in [0.25, 0.3) is 0 Å². The van der Waals surface area contributed by atoms with Crippen LogP contribution < -0.4 is 10.2 Å². The zero-order chi connectivity index (χ0) is 13.3. The van der Waals surface area contributed by atoms with Gasteiger partial charge in [0.25, 0.3) is 0 Å². The number of anilines is 1. The normalized spacial score (nSPS) is 26.6. The van der Waals surface area contributed by atoms with E-state index in [2.05, 4.69) is 60.1 Å². The Morgan fingerprint density at radius 3 is 3.00 bits per heavy atom. The van der Waals surface area contributed by atoms with Gasteiger partial charge in [-0.25, -0.2) is 0 Å². The molecule has 2 heterocycles. The molecule has 1 atom stereocenters. The molecule has 2 nitrogen and oxygen atoms in total. The fraction of sp³-hybridized carbons (Fsp3) is 0.625. The van der Waals surface area contributed by atoms with Gasteiger partial charge in [0.2, 0.25) is 0 Å². The Morgan fingerprint density at radius 1 is 1.32 bits per heavy atom. The third kappa shape index (κ3) is 2.63. The smallest absolute Gasteiger partial charge is 0.0432 e. The minimum absolute atomic E-state index is 0.419. The highest BCUT2D eigenvalue weighted by atomic mass is 32.2. The van der Waals surface area contributed by atoms with E-state index in [-0.39, 0.29) is 0 Å². The van der Waals surface area contributed by atoms with Crippen LogP contribution in [0.5, 0.6) is 0 Å². The van der Waals surface area contributed by atoms with E-state index in [1.54, 1.807) is 0 Å². The summed E-state index contributed by atoms with van der Waals surface area (Å²) in [5.74, 6) is 2.58. The first kappa shape index (κ1) is 13.3. The van der Waals surface area contributed by atoms with Crippen molar-refractivity contribution in [2.45, 2.75) is 32.9 Å². The molecule has 0 bridgehead atoms. The number of nitrogens with zero attached hydrogens (tertiary/aromatic N) is 1. The van der Waals surface area contributed by atoms with Crippen molar-refractivity contribution in [2.24, 2.45) is 5.41 Å². The summed E-state index contributed by atoms with van der Waals surface area (Å²) in [6, 6.07) is 9.57. The third-order valence-electron chi connectivity index (χ3n) is 4.59. The molecule has 2 aliphatic heterocycles. The first-order valence-corrected chi connectivity index (χ1v) is 8.47. The van der Waals surface area contributed by atoms with Crippen LogP contribution in [0.1, 0.15) is 25.8 Å². The van der Waals surface area contributed by atoms with Crippen molar-refractivity contribution < 1.29 is 0 Å². The molecule has 3 heteroatoms. The number of hydrogen-bond donors (Lipinski definition) is 1. The molecule has 1 N–H and O–H groups in total. The van der Waals surface area contributed by atoms with Gasteiger partial charge in [0.1, 0.15) is 0 Å². The molecule has 0 radical (unpaired) electrons. The van der Waals surface area contributed by atoms with Gasteiger partial charge in [-0.2, -0.15) is 11.8 Å². The standard InChI is InChI=1S/C16H24N2S/c1-16(2)7-10-19-12-15(16)18-9-8-17-11-13-5-3-4-6-14(13)18/h3-6,15,17H,7-12H2,1-2H3. The molecule has 1 aromatic rings. The average molecular weight is 276 g/mol. The van der Waals surface area contributed by atoms with Crippen LogP contribution in [0.4, 0.5) is 5.69 Å². The second-order valence-electron chi connectivity index (χ2n) is 6.33. The van der Waals surface area contributed by atoms with Gasteiger partial charge < -0.3 is 10.2 Å². The Kier molecular flexibility index (Phi) is 3.77. The van der Waals surface area contributed by atoms with Crippen LogP contribution in [0.2, 0.25) is 0 Å². The summed E-state index contributed by atoms with van der Waals surface area (Å²) in [7, 11) is 0. The van der Waals surface area contributed by atoms with E-state index < -0.39 is 0 Å². The first-order valence-electron chi connectivity index (χ1n) is 7.31. The number of rotatable bonds is 1. The van der Waals surface area contributed by atoms with E-state index in [1.807, 2.05) is 0 Å². The largest absolute Gasteiger partial charge is 0.366 e. The number of thioether (sulfide) groups is 1. The van der Waals surface area contributed by atoms with Gasteiger partial charge in [-0.1, -0.05) is 32.0 Å². The maximum Gasteiger partial charge on any atom is 0.0432 e. The summed E-state index contributed by atoms with van der Waals surface area (Å²) in [6.45, 7) is 8.11. The van der Waals surface area contributed by atoms with Crippen LogP contribution in [-0.4, -0.2) is 30.6 Å². The number of benzene rings is 1. The Balaban J connectivity index is 1.95. The van der Waals surface area contributed by atoms with Crippen molar-refractivity contribution >= 4 is 17.4 Å². The molecule has 1 unspecified atom stereocenters. The van der Waals surface area contributed by atoms with Gasteiger partial charge >= 0.3 is 0 Å². The van der Waals surface area contributed by atoms with Crippen molar-refractivity contribution in [1.29, 1.82) is 0 Å². The van der Waals surface area contributed by atoms with Crippen molar-refractivity contribution in [3.8, 4) is 0 Å². The summed E-state index contributed by atoms with van der Waals surface area (Å²) < 4.78 is 0. The molecule has 0 aliphatic carbocycles. The van der Waals surface area contributed by atoms with Crippen molar-refractivity contribution in [3.63, 3.8) is 0 Å². The molecule has 2 aliphatic rings. The van der Waals surface area contributed by atoms with Crippen LogP contribution in [-0.2, 0) is 6.54 Å². The molecule has 19 heavy (non-hydrogen) atoms.